The van der Waals surface area contributed by atoms with Crippen LogP contribution in [-0.4, -0.2) is 13.4 Å². The number of aliphatic imine (C=N–C) groups is 1. The Morgan fingerprint density at radius 3 is 2.10 bits per heavy atom. The third-order valence-corrected chi connectivity index (χ3v) is 0.576. The molecular weight excluding hydrogens is 124 g/mol. The summed E-state index contributed by atoms with van der Waals surface area (Å²) in [4.78, 5) is 3.73. The molecule has 0 aliphatic heterocycles. The number of hydrogen-bond acceptors (Lipinski definition) is 1. The zero-order valence-electron chi connectivity index (χ0n) is 7.60. The van der Waals surface area contributed by atoms with Gasteiger partial charge in [-0.15, -0.1) is 0 Å². The Kier molecular flexibility index (Phi) is 13.2. The quantitative estimate of drug-likeness (QED) is 0.464. The average molecular weight is 142 g/mol. The van der Waals surface area contributed by atoms with Gasteiger partial charge in [0.2, 0.25) is 0 Å². The molecule has 0 aliphatic carbocycles. The van der Waals surface area contributed by atoms with E-state index >= 15 is 0 Å². The van der Waals surface area contributed by atoms with Crippen molar-refractivity contribution in [2.24, 2.45) is 4.99 Å². The Morgan fingerprint density at radius 2 is 1.80 bits per heavy atom. The van der Waals surface area contributed by atoms with E-state index < -0.39 is 0 Å². The minimum atomic E-state index is 1.24. The maximum Gasteiger partial charge on any atom is 0.0859 e. The highest BCUT2D eigenvalue weighted by Crippen LogP contribution is 1.81. The zero-order valence-corrected chi connectivity index (χ0v) is 7.60. The Morgan fingerprint density at radius 1 is 1.30 bits per heavy atom. The molecule has 0 atom stereocenters. The maximum atomic E-state index is 3.73. The second-order valence-corrected chi connectivity index (χ2v) is 1.78. The zero-order chi connectivity index (χ0) is 8.41. The molecule has 1 N–H and O–H groups in total. The summed E-state index contributed by atoms with van der Waals surface area (Å²) in [6, 6.07) is 0. The third kappa shape index (κ3) is 15.7. The molecule has 0 saturated carbocycles. The lowest BCUT2D eigenvalue weighted by Crippen LogP contribution is -1.99. The summed E-state index contributed by atoms with van der Waals surface area (Å²) < 4.78 is 0. The Bertz CT molecular complexity index is 99.8. The van der Waals surface area contributed by atoms with E-state index in [1.165, 1.54) is 5.57 Å². The fourth-order valence-electron chi connectivity index (χ4n) is 0.278. The summed E-state index contributed by atoms with van der Waals surface area (Å²) in [5, 5.41) is 2.88. The van der Waals surface area contributed by atoms with Gasteiger partial charge in [0.05, 0.1) is 6.34 Å². The van der Waals surface area contributed by atoms with Gasteiger partial charge in [0.1, 0.15) is 0 Å². The molecule has 2 heteroatoms. The van der Waals surface area contributed by atoms with E-state index in [9.17, 15) is 0 Å². The predicted octanol–water partition coefficient (Wildman–Crippen LogP) is 2.18. The number of nitrogens with one attached hydrogen (secondary N) is 1. The average Bonchev–Trinajstić information content (AvgIpc) is 1.92. The predicted molar refractivity (Wildman–Crippen MR) is 48.3 cm³/mol. The summed E-state index contributed by atoms with van der Waals surface area (Å²) in [5.41, 5.74) is 1.24. The van der Waals surface area contributed by atoms with Crippen LogP contribution < -0.4 is 5.32 Å². The van der Waals surface area contributed by atoms with Crippen LogP contribution in [0.4, 0.5) is 0 Å². The first-order valence-electron chi connectivity index (χ1n) is 3.57. The van der Waals surface area contributed by atoms with Gasteiger partial charge in [-0.3, -0.25) is 4.99 Å². The summed E-state index contributed by atoms with van der Waals surface area (Å²) in [7, 11) is 1.73. The first kappa shape index (κ1) is 11.9. The topological polar surface area (TPSA) is 24.4 Å². The van der Waals surface area contributed by atoms with Crippen LogP contribution in [0.3, 0.4) is 0 Å². The van der Waals surface area contributed by atoms with Gasteiger partial charge >= 0.3 is 0 Å². The molecule has 0 aromatic carbocycles. The Hall–Kier alpha value is -0.790. The molecule has 0 fully saturated rings. The van der Waals surface area contributed by atoms with E-state index in [0.717, 1.165) is 0 Å². The summed E-state index contributed by atoms with van der Waals surface area (Å²) in [6.45, 7) is 8.05. The van der Waals surface area contributed by atoms with E-state index in [0.29, 0.717) is 0 Å². The number of rotatable bonds is 2. The summed E-state index contributed by atoms with van der Waals surface area (Å²) >= 11 is 0. The second-order valence-electron chi connectivity index (χ2n) is 1.78. The smallest absolute Gasteiger partial charge is 0.0859 e. The van der Waals surface area contributed by atoms with E-state index in [1.807, 2.05) is 33.9 Å². The molecule has 0 radical (unpaired) electrons. The summed E-state index contributed by atoms with van der Waals surface area (Å²) in [6.07, 6.45) is 3.54. The molecule has 0 bridgehead atoms. The first-order valence-corrected chi connectivity index (χ1v) is 3.57. The van der Waals surface area contributed by atoms with Gasteiger partial charge in [0.25, 0.3) is 0 Å². The van der Waals surface area contributed by atoms with Crippen LogP contribution in [0.25, 0.3) is 0 Å². The van der Waals surface area contributed by atoms with Crippen LogP contribution in [0, 0.1) is 0 Å². The van der Waals surface area contributed by atoms with Gasteiger partial charge in [0.15, 0.2) is 0 Å². The highest BCUT2D eigenvalue weighted by atomic mass is 14.9. The third-order valence-electron chi connectivity index (χ3n) is 0.576. The van der Waals surface area contributed by atoms with Crippen LogP contribution in [0.15, 0.2) is 16.8 Å². The first-order chi connectivity index (χ1) is 4.77. The van der Waals surface area contributed by atoms with Crippen molar-refractivity contribution in [1.82, 2.24) is 5.32 Å². The molecule has 0 unspecified atom stereocenters. The number of allylic oxidation sites excluding steroid dienone is 1. The molecule has 0 heterocycles. The number of hydrogen-bond donors (Lipinski definition) is 1. The largest absolute Gasteiger partial charge is 0.353 e. The van der Waals surface area contributed by atoms with Crippen molar-refractivity contribution in [1.29, 1.82) is 0 Å². The maximum absolute atomic E-state index is 3.73. The Balaban J connectivity index is 0. The fourth-order valence-corrected chi connectivity index (χ4v) is 0.278. The summed E-state index contributed by atoms with van der Waals surface area (Å²) in [5.74, 6) is 0. The van der Waals surface area contributed by atoms with E-state index in [2.05, 4.69) is 10.3 Å². The van der Waals surface area contributed by atoms with Crippen molar-refractivity contribution >= 4 is 6.34 Å². The Labute approximate surface area is 64.1 Å². The van der Waals surface area contributed by atoms with Gasteiger partial charge in [-0.05, 0) is 13.8 Å². The monoisotopic (exact) mass is 142 g/mol. The van der Waals surface area contributed by atoms with Crippen LogP contribution in [0.1, 0.15) is 27.7 Å². The SMILES string of the molecule is CC.CN=CNC=C(C)C. The molecule has 60 valence electrons. The van der Waals surface area contributed by atoms with Crippen LogP contribution in [-0.2, 0) is 0 Å². The highest BCUT2D eigenvalue weighted by Gasteiger charge is 1.69. The molecule has 0 aliphatic rings. The minimum Gasteiger partial charge on any atom is -0.353 e. The molecular formula is C8H18N2. The van der Waals surface area contributed by atoms with Crippen molar-refractivity contribution in [2.45, 2.75) is 27.7 Å². The van der Waals surface area contributed by atoms with Crippen molar-refractivity contribution in [3.63, 3.8) is 0 Å². The molecule has 10 heavy (non-hydrogen) atoms. The molecule has 0 saturated heterocycles. The highest BCUT2D eigenvalue weighted by molar-refractivity contribution is 5.55. The standard InChI is InChI=1S/C6H12N2.C2H6/c1-6(2)4-8-5-7-3;1-2/h4-5H,1-3H3,(H,7,8);1-2H3. The van der Waals surface area contributed by atoms with Crippen LogP contribution >= 0.6 is 0 Å². The van der Waals surface area contributed by atoms with E-state index in [1.54, 1.807) is 13.4 Å². The van der Waals surface area contributed by atoms with E-state index in [-0.39, 0.29) is 0 Å². The van der Waals surface area contributed by atoms with Crippen molar-refractivity contribution in [3.05, 3.63) is 11.8 Å². The molecule has 0 rings (SSSR count). The van der Waals surface area contributed by atoms with Crippen molar-refractivity contribution < 1.29 is 0 Å². The molecule has 0 spiro atoms. The molecule has 0 amide bonds. The molecule has 0 aromatic heterocycles. The molecule has 2 nitrogen and oxygen atoms in total. The molecule has 0 aromatic rings. The van der Waals surface area contributed by atoms with Gasteiger partial charge < -0.3 is 5.32 Å². The van der Waals surface area contributed by atoms with Gasteiger partial charge in [-0.25, -0.2) is 0 Å². The normalized spacial score (nSPS) is 8.10. The van der Waals surface area contributed by atoms with Gasteiger partial charge in [-0.1, -0.05) is 19.4 Å². The lowest BCUT2D eigenvalue weighted by atomic mass is 10.4. The lowest BCUT2D eigenvalue weighted by Gasteiger charge is -1.87. The van der Waals surface area contributed by atoms with Gasteiger partial charge in [-0.2, -0.15) is 0 Å². The second kappa shape index (κ2) is 11.1. The fraction of sp³-hybridized carbons (Fsp3) is 0.625. The van der Waals surface area contributed by atoms with Crippen molar-refractivity contribution in [2.75, 3.05) is 7.05 Å². The van der Waals surface area contributed by atoms with E-state index in [4.69, 9.17) is 0 Å². The van der Waals surface area contributed by atoms with Crippen LogP contribution in [0.2, 0.25) is 0 Å². The minimum absolute atomic E-state index is 1.24. The van der Waals surface area contributed by atoms with Gasteiger partial charge in [0, 0.05) is 13.2 Å². The van der Waals surface area contributed by atoms with Crippen molar-refractivity contribution in [3.8, 4) is 0 Å². The van der Waals surface area contributed by atoms with Crippen LogP contribution in [0.5, 0.6) is 0 Å². The lowest BCUT2D eigenvalue weighted by molar-refractivity contribution is 1.22. The number of nitrogens with zero attached hydrogens (tertiary/aromatic N) is 1.